The third kappa shape index (κ3) is 5.63. The highest BCUT2D eigenvalue weighted by Crippen LogP contribution is 2.14. The Labute approximate surface area is 107 Å². The van der Waals surface area contributed by atoms with Crippen molar-refractivity contribution in [3.63, 3.8) is 0 Å². The summed E-state index contributed by atoms with van der Waals surface area (Å²) in [6.45, 7) is 6.43. The molecule has 3 nitrogen and oxygen atoms in total. The molecular weight excluding hydrogens is 232 g/mol. The Bertz CT molecular complexity index is 368. The fraction of sp³-hybridized carbons (Fsp3) is 0.462. The quantitative estimate of drug-likeness (QED) is 0.812. The zero-order chi connectivity index (χ0) is 12.9. The first-order valence-corrected chi connectivity index (χ1v) is 6.82. The molecule has 2 amide bonds. The smallest absolute Gasteiger partial charge is 0.315 e. The van der Waals surface area contributed by atoms with Gasteiger partial charge in [-0.25, -0.2) is 4.79 Å². The maximum Gasteiger partial charge on any atom is 0.315 e. The molecule has 1 aromatic carbocycles. The maximum atomic E-state index is 11.5. The Kier molecular flexibility index (Phi) is 4.87. The van der Waals surface area contributed by atoms with Crippen molar-refractivity contribution in [3.8, 4) is 0 Å². The Balaban J connectivity index is 2.42. The number of benzene rings is 1. The Morgan fingerprint density at radius 1 is 1.24 bits per heavy atom. The van der Waals surface area contributed by atoms with Gasteiger partial charge in [-0.2, -0.15) is 0 Å². The van der Waals surface area contributed by atoms with Crippen molar-refractivity contribution in [2.45, 2.75) is 37.8 Å². The van der Waals surface area contributed by atoms with E-state index in [0.717, 1.165) is 5.56 Å². The average Bonchev–Trinajstić information content (AvgIpc) is 2.25. The minimum Gasteiger partial charge on any atom is -0.334 e. The first-order chi connectivity index (χ1) is 7.90. The Morgan fingerprint density at radius 3 is 2.29 bits per heavy atom. The maximum absolute atomic E-state index is 11.5. The third-order valence-electron chi connectivity index (χ3n) is 2.10. The predicted octanol–water partition coefficient (Wildman–Crippen LogP) is 3.01. The molecule has 0 radical (unpaired) electrons. The molecule has 1 aromatic rings. The molecule has 4 heteroatoms. The fourth-order valence-electron chi connectivity index (χ4n) is 1.31. The van der Waals surface area contributed by atoms with Gasteiger partial charge in [0.1, 0.15) is 0 Å². The van der Waals surface area contributed by atoms with Gasteiger partial charge in [-0.05, 0) is 44.7 Å². The molecule has 0 unspecified atom stereocenters. The number of amides is 2. The number of rotatable bonds is 3. The van der Waals surface area contributed by atoms with Crippen LogP contribution in [0.5, 0.6) is 0 Å². The van der Waals surface area contributed by atoms with E-state index in [1.165, 1.54) is 4.90 Å². The van der Waals surface area contributed by atoms with E-state index in [0.29, 0.717) is 6.54 Å². The molecule has 0 spiro atoms. The second-order valence-corrected chi connectivity index (χ2v) is 5.79. The van der Waals surface area contributed by atoms with Crippen LogP contribution in [0.2, 0.25) is 0 Å². The summed E-state index contributed by atoms with van der Waals surface area (Å²) >= 11 is 1.71. The van der Waals surface area contributed by atoms with Gasteiger partial charge < -0.3 is 10.6 Å². The van der Waals surface area contributed by atoms with E-state index in [1.807, 2.05) is 39.2 Å². The Morgan fingerprint density at radius 2 is 1.82 bits per heavy atom. The number of hydrogen-bond donors (Lipinski definition) is 2. The van der Waals surface area contributed by atoms with Crippen LogP contribution >= 0.6 is 11.8 Å². The molecule has 0 atom stereocenters. The van der Waals surface area contributed by atoms with Crippen LogP contribution in [0.1, 0.15) is 26.3 Å². The van der Waals surface area contributed by atoms with E-state index >= 15 is 0 Å². The zero-order valence-corrected chi connectivity index (χ0v) is 11.6. The van der Waals surface area contributed by atoms with E-state index < -0.39 is 0 Å². The van der Waals surface area contributed by atoms with Crippen LogP contribution in [0, 0.1) is 0 Å². The molecule has 0 aromatic heterocycles. The summed E-state index contributed by atoms with van der Waals surface area (Å²) in [4.78, 5) is 12.8. The Hall–Kier alpha value is -1.16. The molecule has 0 saturated carbocycles. The van der Waals surface area contributed by atoms with Gasteiger partial charge in [0.05, 0.1) is 0 Å². The number of carbonyl (C=O) groups excluding carboxylic acids is 1. The predicted molar refractivity (Wildman–Crippen MR) is 73.3 cm³/mol. The third-order valence-corrected chi connectivity index (χ3v) is 2.84. The molecule has 0 aliphatic heterocycles. The van der Waals surface area contributed by atoms with Crippen LogP contribution in [0.4, 0.5) is 4.79 Å². The molecule has 94 valence electrons. The van der Waals surface area contributed by atoms with Gasteiger partial charge in [0, 0.05) is 17.0 Å². The molecular formula is C13H20N2OS. The van der Waals surface area contributed by atoms with E-state index in [2.05, 4.69) is 22.8 Å². The lowest BCUT2D eigenvalue weighted by atomic mass is 10.1. The summed E-state index contributed by atoms with van der Waals surface area (Å²) in [5.74, 6) is 0. The van der Waals surface area contributed by atoms with Crippen LogP contribution < -0.4 is 10.6 Å². The van der Waals surface area contributed by atoms with E-state index in [4.69, 9.17) is 0 Å². The molecule has 0 bridgehead atoms. The summed E-state index contributed by atoms with van der Waals surface area (Å²) < 4.78 is 0. The molecule has 17 heavy (non-hydrogen) atoms. The zero-order valence-electron chi connectivity index (χ0n) is 10.8. The fourth-order valence-corrected chi connectivity index (χ4v) is 1.72. The van der Waals surface area contributed by atoms with E-state index in [9.17, 15) is 4.79 Å². The van der Waals surface area contributed by atoms with Gasteiger partial charge in [0.15, 0.2) is 0 Å². The molecule has 0 aliphatic carbocycles. The van der Waals surface area contributed by atoms with Crippen LogP contribution in [0.25, 0.3) is 0 Å². The summed E-state index contributed by atoms with van der Waals surface area (Å²) in [7, 11) is 0. The molecule has 0 aliphatic rings. The average molecular weight is 252 g/mol. The molecule has 0 heterocycles. The van der Waals surface area contributed by atoms with Crippen LogP contribution in [0.3, 0.4) is 0 Å². The van der Waals surface area contributed by atoms with Gasteiger partial charge in [0.25, 0.3) is 0 Å². The highest BCUT2D eigenvalue weighted by Gasteiger charge is 2.12. The van der Waals surface area contributed by atoms with Crippen molar-refractivity contribution in [1.29, 1.82) is 0 Å². The van der Waals surface area contributed by atoms with Crippen LogP contribution in [0.15, 0.2) is 29.2 Å². The van der Waals surface area contributed by atoms with Gasteiger partial charge >= 0.3 is 6.03 Å². The minimum absolute atomic E-state index is 0.133. The lowest BCUT2D eigenvalue weighted by Crippen LogP contribution is -2.46. The van der Waals surface area contributed by atoms with Crippen LogP contribution in [-0.2, 0) is 6.54 Å². The number of thioether (sulfide) groups is 1. The molecule has 1 rings (SSSR count). The summed E-state index contributed by atoms with van der Waals surface area (Å²) in [5, 5.41) is 5.69. The van der Waals surface area contributed by atoms with Crippen LogP contribution in [-0.4, -0.2) is 17.8 Å². The van der Waals surface area contributed by atoms with Crippen molar-refractivity contribution in [2.24, 2.45) is 0 Å². The highest BCUT2D eigenvalue weighted by atomic mass is 32.2. The lowest BCUT2D eigenvalue weighted by molar-refractivity contribution is 0.231. The van der Waals surface area contributed by atoms with Crippen molar-refractivity contribution >= 4 is 17.8 Å². The van der Waals surface area contributed by atoms with Crippen molar-refractivity contribution in [1.82, 2.24) is 10.6 Å². The van der Waals surface area contributed by atoms with Crippen molar-refractivity contribution in [2.75, 3.05) is 6.26 Å². The van der Waals surface area contributed by atoms with Crippen molar-refractivity contribution in [3.05, 3.63) is 29.8 Å². The monoisotopic (exact) mass is 252 g/mol. The molecule has 0 fully saturated rings. The first kappa shape index (κ1) is 13.9. The lowest BCUT2D eigenvalue weighted by Gasteiger charge is -2.20. The normalized spacial score (nSPS) is 11.1. The number of urea groups is 1. The van der Waals surface area contributed by atoms with Gasteiger partial charge in [-0.1, -0.05) is 12.1 Å². The molecule has 0 saturated heterocycles. The number of hydrogen-bond acceptors (Lipinski definition) is 2. The summed E-state index contributed by atoms with van der Waals surface area (Å²) in [6.07, 6.45) is 2.05. The summed E-state index contributed by atoms with van der Waals surface area (Å²) in [5.41, 5.74) is 0.902. The SMILES string of the molecule is CSc1ccc(CNC(=O)NC(C)(C)C)cc1. The largest absolute Gasteiger partial charge is 0.334 e. The number of nitrogens with one attached hydrogen (secondary N) is 2. The van der Waals surface area contributed by atoms with E-state index in [1.54, 1.807) is 11.8 Å². The van der Waals surface area contributed by atoms with Gasteiger partial charge in [-0.15, -0.1) is 11.8 Å². The molecule has 2 N–H and O–H groups in total. The highest BCUT2D eigenvalue weighted by molar-refractivity contribution is 7.98. The van der Waals surface area contributed by atoms with Gasteiger partial charge in [0.2, 0.25) is 0 Å². The van der Waals surface area contributed by atoms with E-state index in [-0.39, 0.29) is 11.6 Å². The standard InChI is InChI=1S/C13H20N2OS/c1-13(2,3)15-12(16)14-9-10-5-7-11(17-4)8-6-10/h5-8H,9H2,1-4H3,(H2,14,15,16). The second kappa shape index (κ2) is 5.96. The van der Waals surface area contributed by atoms with Crippen molar-refractivity contribution < 1.29 is 4.79 Å². The first-order valence-electron chi connectivity index (χ1n) is 5.59. The number of carbonyl (C=O) groups is 1. The second-order valence-electron chi connectivity index (χ2n) is 4.91. The van der Waals surface area contributed by atoms with Gasteiger partial charge in [-0.3, -0.25) is 0 Å². The topological polar surface area (TPSA) is 41.1 Å². The minimum atomic E-state index is -0.202. The summed E-state index contributed by atoms with van der Waals surface area (Å²) in [6, 6.07) is 8.05.